The second-order valence-electron chi connectivity index (χ2n) is 3.92. The van der Waals surface area contributed by atoms with Gasteiger partial charge in [0.25, 0.3) is 0 Å². The van der Waals surface area contributed by atoms with E-state index in [1.54, 1.807) is 0 Å². The molecule has 1 N–H and O–H groups in total. The molecular formula is C10H19NO2. The first-order valence-electron chi connectivity index (χ1n) is 5.04. The normalized spacial score (nSPS) is 28.0. The van der Waals surface area contributed by atoms with E-state index in [-0.39, 0.29) is 11.9 Å². The summed E-state index contributed by atoms with van der Waals surface area (Å²) in [5, 5.41) is 3.24. The monoisotopic (exact) mass is 185 g/mol. The number of hydrogen-bond donors (Lipinski definition) is 1. The Labute approximate surface area is 79.8 Å². The number of hydrogen-bond acceptors (Lipinski definition) is 3. The zero-order valence-corrected chi connectivity index (χ0v) is 8.67. The van der Waals surface area contributed by atoms with E-state index < -0.39 is 0 Å². The number of rotatable bonds is 3. The lowest BCUT2D eigenvalue weighted by Gasteiger charge is -2.20. The van der Waals surface area contributed by atoms with Gasteiger partial charge in [0.1, 0.15) is 0 Å². The van der Waals surface area contributed by atoms with Crippen molar-refractivity contribution in [1.29, 1.82) is 0 Å². The van der Waals surface area contributed by atoms with E-state index in [0.717, 1.165) is 13.1 Å². The molecule has 3 nitrogen and oxygen atoms in total. The van der Waals surface area contributed by atoms with E-state index in [0.29, 0.717) is 18.4 Å². The SMILES string of the molecule is CCOC(=O)[C@@H]1CNC[C@H]1C(C)C. The van der Waals surface area contributed by atoms with E-state index in [1.807, 2.05) is 6.92 Å². The van der Waals surface area contributed by atoms with Crippen LogP contribution >= 0.6 is 0 Å². The van der Waals surface area contributed by atoms with Crippen LogP contribution in [0, 0.1) is 17.8 Å². The van der Waals surface area contributed by atoms with Crippen LogP contribution in [0.5, 0.6) is 0 Å². The summed E-state index contributed by atoms with van der Waals surface area (Å²) in [6.45, 7) is 8.38. The molecule has 1 saturated heterocycles. The highest BCUT2D eigenvalue weighted by molar-refractivity contribution is 5.73. The van der Waals surface area contributed by atoms with Crippen LogP contribution in [0.4, 0.5) is 0 Å². The first kappa shape index (κ1) is 10.5. The average molecular weight is 185 g/mol. The molecule has 0 aromatic rings. The van der Waals surface area contributed by atoms with Gasteiger partial charge in [-0.2, -0.15) is 0 Å². The van der Waals surface area contributed by atoms with Crippen LogP contribution in [0.25, 0.3) is 0 Å². The van der Waals surface area contributed by atoms with Gasteiger partial charge in [0.05, 0.1) is 12.5 Å². The predicted octanol–water partition coefficient (Wildman–Crippen LogP) is 1.04. The molecule has 0 saturated carbocycles. The maximum absolute atomic E-state index is 11.5. The smallest absolute Gasteiger partial charge is 0.310 e. The van der Waals surface area contributed by atoms with Crippen LogP contribution in [0.1, 0.15) is 20.8 Å². The molecular weight excluding hydrogens is 166 g/mol. The number of nitrogens with one attached hydrogen (secondary N) is 1. The van der Waals surface area contributed by atoms with Crippen molar-refractivity contribution in [1.82, 2.24) is 5.32 Å². The van der Waals surface area contributed by atoms with Crippen molar-refractivity contribution in [3.05, 3.63) is 0 Å². The van der Waals surface area contributed by atoms with Crippen LogP contribution in [0.15, 0.2) is 0 Å². The lowest BCUT2D eigenvalue weighted by Crippen LogP contribution is -2.27. The minimum Gasteiger partial charge on any atom is -0.466 e. The number of carbonyl (C=O) groups excluding carboxylic acids is 1. The van der Waals surface area contributed by atoms with Gasteiger partial charge in [-0.25, -0.2) is 0 Å². The van der Waals surface area contributed by atoms with Gasteiger partial charge in [-0.3, -0.25) is 4.79 Å². The molecule has 2 atom stereocenters. The van der Waals surface area contributed by atoms with Crippen molar-refractivity contribution < 1.29 is 9.53 Å². The third-order valence-corrected chi connectivity index (χ3v) is 2.71. The lowest BCUT2D eigenvalue weighted by atomic mass is 9.86. The Balaban J connectivity index is 2.52. The van der Waals surface area contributed by atoms with Crippen LogP contribution in [-0.4, -0.2) is 25.7 Å². The molecule has 13 heavy (non-hydrogen) atoms. The zero-order valence-electron chi connectivity index (χ0n) is 8.67. The zero-order chi connectivity index (χ0) is 9.84. The minimum absolute atomic E-state index is 0.0359. The summed E-state index contributed by atoms with van der Waals surface area (Å²) >= 11 is 0. The van der Waals surface area contributed by atoms with E-state index >= 15 is 0 Å². The standard InChI is InChI=1S/C10H19NO2/c1-4-13-10(12)9-6-11-5-8(9)7(2)3/h7-9,11H,4-6H2,1-3H3/t8-,9+/m0/s1. The Morgan fingerprint density at radius 3 is 2.77 bits per heavy atom. The van der Waals surface area contributed by atoms with Gasteiger partial charge in [0.15, 0.2) is 0 Å². The van der Waals surface area contributed by atoms with Gasteiger partial charge < -0.3 is 10.1 Å². The summed E-state index contributed by atoms with van der Waals surface area (Å²) in [7, 11) is 0. The number of carbonyl (C=O) groups is 1. The molecule has 1 rings (SSSR count). The molecule has 1 fully saturated rings. The number of esters is 1. The van der Waals surface area contributed by atoms with Gasteiger partial charge in [-0.05, 0) is 25.3 Å². The Morgan fingerprint density at radius 1 is 1.54 bits per heavy atom. The molecule has 1 heterocycles. The van der Waals surface area contributed by atoms with Crippen LogP contribution < -0.4 is 5.32 Å². The fraction of sp³-hybridized carbons (Fsp3) is 0.900. The maximum atomic E-state index is 11.5. The Kier molecular flexibility index (Phi) is 3.72. The fourth-order valence-corrected chi connectivity index (χ4v) is 1.91. The molecule has 0 unspecified atom stereocenters. The van der Waals surface area contributed by atoms with Crippen molar-refractivity contribution in [2.45, 2.75) is 20.8 Å². The summed E-state index contributed by atoms with van der Waals surface area (Å²) in [6.07, 6.45) is 0. The molecule has 0 amide bonds. The van der Waals surface area contributed by atoms with Gasteiger partial charge in [-0.1, -0.05) is 13.8 Å². The summed E-state index contributed by atoms with van der Waals surface area (Å²) in [5.41, 5.74) is 0. The lowest BCUT2D eigenvalue weighted by molar-refractivity contribution is -0.149. The van der Waals surface area contributed by atoms with Crippen LogP contribution in [0.2, 0.25) is 0 Å². The fourth-order valence-electron chi connectivity index (χ4n) is 1.91. The highest BCUT2D eigenvalue weighted by Gasteiger charge is 2.35. The molecule has 1 aliphatic heterocycles. The average Bonchev–Trinajstić information content (AvgIpc) is 2.52. The van der Waals surface area contributed by atoms with E-state index in [2.05, 4.69) is 19.2 Å². The van der Waals surface area contributed by atoms with Gasteiger partial charge in [0, 0.05) is 6.54 Å². The van der Waals surface area contributed by atoms with Crippen LogP contribution in [-0.2, 0) is 9.53 Å². The molecule has 0 radical (unpaired) electrons. The van der Waals surface area contributed by atoms with E-state index in [4.69, 9.17) is 4.74 Å². The largest absolute Gasteiger partial charge is 0.466 e. The van der Waals surface area contributed by atoms with Crippen molar-refractivity contribution in [3.8, 4) is 0 Å². The van der Waals surface area contributed by atoms with Gasteiger partial charge >= 0.3 is 5.97 Å². The van der Waals surface area contributed by atoms with E-state index in [9.17, 15) is 4.79 Å². The van der Waals surface area contributed by atoms with Gasteiger partial charge in [-0.15, -0.1) is 0 Å². The second-order valence-corrected chi connectivity index (χ2v) is 3.92. The quantitative estimate of drug-likeness (QED) is 0.668. The Bertz CT molecular complexity index is 180. The molecule has 0 aromatic heterocycles. The maximum Gasteiger partial charge on any atom is 0.310 e. The predicted molar refractivity (Wildman–Crippen MR) is 51.3 cm³/mol. The summed E-state index contributed by atoms with van der Waals surface area (Å²) in [4.78, 5) is 11.5. The molecule has 0 bridgehead atoms. The van der Waals surface area contributed by atoms with Crippen molar-refractivity contribution in [3.63, 3.8) is 0 Å². The van der Waals surface area contributed by atoms with Crippen molar-refractivity contribution >= 4 is 5.97 Å². The molecule has 0 aromatic carbocycles. The number of ether oxygens (including phenoxy) is 1. The summed E-state index contributed by atoms with van der Waals surface area (Å²) < 4.78 is 5.03. The Hall–Kier alpha value is -0.570. The minimum atomic E-state index is -0.0359. The molecule has 0 aliphatic carbocycles. The summed E-state index contributed by atoms with van der Waals surface area (Å²) in [6, 6.07) is 0. The first-order chi connectivity index (χ1) is 6.16. The van der Waals surface area contributed by atoms with Crippen molar-refractivity contribution in [2.75, 3.05) is 19.7 Å². The van der Waals surface area contributed by atoms with Crippen LogP contribution in [0.3, 0.4) is 0 Å². The topological polar surface area (TPSA) is 38.3 Å². The molecule has 3 heteroatoms. The third-order valence-electron chi connectivity index (χ3n) is 2.71. The third kappa shape index (κ3) is 2.44. The first-order valence-corrected chi connectivity index (χ1v) is 5.04. The van der Waals surface area contributed by atoms with E-state index in [1.165, 1.54) is 0 Å². The highest BCUT2D eigenvalue weighted by Crippen LogP contribution is 2.25. The van der Waals surface area contributed by atoms with Gasteiger partial charge in [0.2, 0.25) is 0 Å². The summed E-state index contributed by atoms with van der Waals surface area (Å²) in [5.74, 6) is 1.02. The second kappa shape index (κ2) is 4.61. The molecule has 1 aliphatic rings. The van der Waals surface area contributed by atoms with Crippen molar-refractivity contribution in [2.24, 2.45) is 17.8 Å². The Morgan fingerprint density at radius 2 is 2.23 bits per heavy atom. The molecule has 0 spiro atoms. The molecule has 76 valence electrons. The highest BCUT2D eigenvalue weighted by atomic mass is 16.5.